The van der Waals surface area contributed by atoms with E-state index in [2.05, 4.69) is 13.8 Å². The minimum atomic E-state index is 0.239. The van der Waals surface area contributed by atoms with Gasteiger partial charge in [0.2, 0.25) is 0 Å². The minimum Gasteiger partial charge on any atom is -0.379 e. The lowest BCUT2D eigenvalue weighted by Crippen LogP contribution is -2.16. The van der Waals surface area contributed by atoms with Crippen LogP contribution in [0, 0.1) is 0 Å². The first-order valence-electron chi connectivity index (χ1n) is 6.08. The molecule has 1 unspecified atom stereocenters. The Morgan fingerprint density at radius 1 is 1.13 bits per heavy atom. The van der Waals surface area contributed by atoms with Gasteiger partial charge in [-0.25, -0.2) is 0 Å². The van der Waals surface area contributed by atoms with Gasteiger partial charge >= 0.3 is 0 Å². The Labute approximate surface area is 99.1 Å². The molecule has 0 radical (unpaired) electrons. The second-order valence-corrected chi connectivity index (χ2v) is 4.89. The minimum absolute atomic E-state index is 0.239. The summed E-state index contributed by atoms with van der Waals surface area (Å²) in [4.78, 5) is 0. The summed E-state index contributed by atoms with van der Waals surface area (Å²) in [5.74, 6) is 2.52. The highest BCUT2D eigenvalue weighted by Crippen LogP contribution is 2.06. The number of thioether (sulfide) groups is 1. The van der Waals surface area contributed by atoms with E-state index in [0.29, 0.717) is 0 Å². The molecule has 0 spiro atoms. The summed E-state index contributed by atoms with van der Waals surface area (Å²) in [6.07, 6.45) is 4.04. The molecule has 0 heterocycles. The van der Waals surface area contributed by atoms with E-state index >= 15 is 0 Å². The van der Waals surface area contributed by atoms with Crippen molar-refractivity contribution in [1.82, 2.24) is 0 Å². The molecule has 2 nitrogen and oxygen atoms in total. The van der Waals surface area contributed by atoms with Crippen LogP contribution >= 0.6 is 11.8 Å². The van der Waals surface area contributed by atoms with Gasteiger partial charge in [0.15, 0.2) is 0 Å². The van der Waals surface area contributed by atoms with Crippen molar-refractivity contribution in [2.45, 2.75) is 46.1 Å². The number of hydrogen-bond donors (Lipinski definition) is 0. The summed E-state index contributed by atoms with van der Waals surface area (Å²) in [7, 11) is 0. The fourth-order valence-corrected chi connectivity index (χ4v) is 2.21. The third kappa shape index (κ3) is 12.2. The summed E-state index contributed by atoms with van der Waals surface area (Å²) in [6.45, 7) is 8.68. The molecule has 0 bridgehead atoms. The maximum absolute atomic E-state index is 5.52. The van der Waals surface area contributed by atoms with Gasteiger partial charge in [0.25, 0.3) is 0 Å². The third-order valence-electron chi connectivity index (χ3n) is 2.02. The number of hydrogen-bond acceptors (Lipinski definition) is 3. The molecule has 0 amide bonds. The van der Waals surface area contributed by atoms with Gasteiger partial charge in [-0.15, -0.1) is 0 Å². The standard InChI is InChI=1S/C12H26O2S/c1-4-6-9-15-10-7-8-13-11-12(3)14-5-2/h12H,4-11H2,1-3H3. The first-order valence-corrected chi connectivity index (χ1v) is 7.23. The average Bonchev–Trinajstić information content (AvgIpc) is 2.22. The van der Waals surface area contributed by atoms with Crippen molar-refractivity contribution in [3.05, 3.63) is 0 Å². The summed E-state index contributed by atoms with van der Waals surface area (Å²) < 4.78 is 10.9. The second kappa shape index (κ2) is 12.3. The van der Waals surface area contributed by atoms with Crippen LogP contribution < -0.4 is 0 Å². The van der Waals surface area contributed by atoms with Crippen LogP contribution in [0.2, 0.25) is 0 Å². The molecule has 0 aromatic carbocycles. The smallest absolute Gasteiger partial charge is 0.0780 e. The summed E-state index contributed by atoms with van der Waals surface area (Å²) >= 11 is 2.04. The fourth-order valence-electron chi connectivity index (χ4n) is 1.19. The molecule has 0 saturated heterocycles. The van der Waals surface area contributed by atoms with Gasteiger partial charge in [0, 0.05) is 13.2 Å². The number of rotatable bonds is 11. The van der Waals surface area contributed by atoms with Gasteiger partial charge in [-0.1, -0.05) is 13.3 Å². The van der Waals surface area contributed by atoms with Crippen molar-refractivity contribution < 1.29 is 9.47 Å². The van der Waals surface area contributed by atoms with Gasteiger partial charge in [-0.2, -0.15) is 11.8 Å². The monoisotopic (exact) mass is 234 g/mol. The SMILES string of the molecule is CCCCSCCCOCC(C)OCC. The topological polar surface area (TPSA) is 18.5 Å². The highest BCUT2D eigenvalue weighted by atomic mass is 32.2. The van der Waals surface area contributed by atoms with Gasteiger partial charge in [0.1, 0.15) is 0 Å². The van der Waals surface area contributed by atoms with Crippen LogP contribution in [0.4, 0.5) is 0 Å². The molecule has 0 aromatic heterocycles. The maximum Gasteiger partial charge on any atom is 0.0780 e. The van der Waals surface area contributed by atoms with E-state index in [0.717, 1.165) is 26.2 Å². The van der Waals surface area contributed by atoms with E-state index in [1.165, 1.54) is 24.3 Å². The largest absolute Gasteiger partial charge is 0.379 e. The first kappa shape index (κ1) is 15.3. The molecule has 0 aliphatic carbocycles. The Hall–Kier alpha value is 0.270. The van der Waals surface area contributed by atoms with Crippen molar-refractivity contribution in [3.8, 4) is 0 Å². The summed E-state index contributed by atoms with van der Waals surface area (Å²) in [5, 5.41) is 0. The van der Waals surface area contributed by atoms with Gasteiger partial charge < -0.3 is 9.47 Å². The van der Waals surface area contributed by atoms with Crippen molar-refractivity contribution >= 4 is 11.8 Å². The van der Waals surface area contributed by atoms with E-state index in [1.54, 1.807) is 0 Å². The van der Waals surface area contributed by atoms with Crippen LogP contribution in [0.15, 0.2) is 0 Å². The van der Waals surface area contributed by atoms with Gasteiger partial charge in [-0.05, 0) is 38.2 Å². The van der Waals surface area contributed by atoms with Crippen LogP contribution in [0.25, 0.3) is 0 Å². The Kier molecular flexibility index (Phi) is 12.6. The molecule has 0 aliphatic heterocycles. The molecule has 15 heavy (non-hydrogen) atoms. The van der Waals surface area contributed by atoms with Crippen LogP contribution in [-0.4, -0.2) is 37.4 Å². The highest BCUT2D eigenvalue weighted by Gasteiger charge is 1.99. The van der Waals surface area contributed by atoms with E-state index < -0.39 is 0 Å². The van der Waals surface area contributed by atoms with E-state index in [1.807, 2.05) is 18.7 Å². The molecule has 1 atom stereocenters. The Bertz CT molecular complexity index is 120. The number of ether oxygens (including phenoxy) is 2. The van der Waals surface area contributed by atoms with Crippen molar-refractivity contribution in [2.75, 3.05) is 31.3 Å². The maximum atomic E-state index is 5.52. The second-order valence-electron chi connectivity index (χ2n) is 3.66. The Morgan fingerprint density at radius 2 is 1.87 bits per heavy atom. The molecule has 0 aliphatic rings. The first-order chi connectivity index (χ1) is 7.31. The van der Waals surface area contributed by atoms with Gasteiger partial charge in [-0.3, -0.25) is 0 Å². The van der Waals surface area contributed by atoms with Crippen LogP contribution in [0.3, 0.4) is 0 Å². The molecule has 3 heteroatoms. The molecular weight excluding hydrogens is 208 g/mol. The van der Waals surface area contributed by atoms with E-state index in [-0.39, 0.29) is 6.10 Å². The molecule has 0 N–H and O–H groups in total. The van der Waals surface area contributed by atoms with Crippen LogP contribution in [-0.2, 0) is 9.47 Å². The zero-order chi connectivity index (χ0) is 11.4. The molecule has 0 fully saturated rings. The zero-order valence-corrected chi connectivity index (χ0v) is 11.3. The fraction of sp³-hybridized carbons (Fsp3) is 1.00. The molecule has 0 saturated carbocycles. The Morgan fingerprint density at radius 3 is 2.53 bits per heavy atom. The quantitative estimate of drug-likeness (QED) is 0.511. The average molecular weight is 234 g/mol. The van der Waals surface area contributed by atoms with E-state index in [4.69, 9.17) is 9.47 Å². The summed E-state index contributed by atoms with van der Waals surface area (Å²) in [5.41, 5.74) is 0. The predicted octanol–water partition coefficient (Wildman–Crippen LogP) is 3.35. The molecule has 92 valence electrons. The predicted molar refractivity (Wildman–Crippen MR) is 68.8 cm³/mol. The Balaban J connectivity index is 2.98. The summed E-state index contributed by atoms with van der Waals surface area (Å²) in [6, 6.07) is 0. The zero-order valence-electron chi connectivity index (χ0n) is 10.5. The van der Waals surface area contributed by atoms with Crippen molar-refractivity contribution in [2.24, 2.45) is 0 Å². The number of unbranched alkanes of at least 4 members (excludes halogenated alkanes) is 1. The van der Waals surface area contributed by atoms with Gasteiger partial charge in [0.05, 0.1) is 12.7 Å². The van der Waals surface area contributed by atoms with Crippen molar-refractivity contribution in [1.29, 1.82) is 0 Å². The van der Waals surface area contributed by atoms with Crippen LogP contribution in [0.5, 0.6) is 0 Å². The lowest BCUT2D eigenvalue weighted by Gasteiger charge is -2.11. The van der Waals surface area contributed by atoms with E-state index in [9.17, 15) is 0 Å². The highest BCUT2D eigenvalue weighted by molar-refractivity contribution is 7.99. The molecule has 0 aromatic rings. The van der Waals surface area contributed by atoms with Crippen LogP contribution in [0.1, 0.15) is 40.0 Å². The normalized spacial score (nSPS) is 13.0. The third-order valence-corrected chi connectivity index (χ3v) is 3.18. The van der Waals surface area contributed by atoms with Crippen molar-refractivity contribution in [3.63, 3.8) is 0 Å². The molecular formula is C12H26O2S. The lowest BCUT2D eigenvalue weighted by atomic mass is 10.4. The molecule has 0 rings (SSSR count). The lowest BCUT2D eigenvalue weighted by molar-refractivity contribution is -0.00106.